The first-order valence-electron chi connectivity index (χ1n) is 6.28. The van der Waals surface area contributed by atoms with E-state index in [1.165, 1.54) is 0 Å². The molecule has 0 fully saturated rings. The molecule has 18 heavy (non-hydrogen) atoms. The zero-order valence-corrected chi connectivity index (χ0v) is 10.6. The summed E-state index contributed by atoms with van der Waals surface area (Å²) in [6, 6.07) is 5.60. The lowest BCUT2D eigenvalue weighted by atomic mass is 10.1. The van der Waals surface area contributed by atoms with E-state index >= 15 is 0 Å². The molecule has 1 heterocycles. The van der Waals surface area contributed by atoms with Gasteiger partial charge in [-0.15, -0.1) is 0 Å². The quantitative estimate of drug-likeness (QED) is 0.744. The Morgan fingerprint density at radius 2 is 2.06 bits per heavy atom. The van der Waals surface area contributed by atoms with E-state index in [-0.39, 0.29) is 12.5 Å². The second kappa shape index (κ2) is 5.73. The van der Waals surface area contributed by atoms with Gasteiger partial charge in [0.05, 0.1) is 18.0 Å². The van der Waals surface area contributed by atoms with E-state index in [9.17, 15) is 4.79 Å². The first-order valence-corrected chi connectivity index (χ1v) is 6.28. The van der Waals surface area contributed by atoms with E-state index in [1.807, 2.05) is 25.1 Å². The van der Waals surface area contributed by atoms with Crippen molar-refractivity contribution in [1.82, 2.24) is 4.90 Å². The van der Waals surface area contributed by atoms with Crippen LogP contribution in [0, 0.1) is 0 Å². The van der Waals surface area contributed by atoms with Crippen LogP contribution in [0.4, 0.5) is 11.4 Å². The highest BCUT2D eigenvalue weighted by atomic mass is 16.3. The number of fused-ring (bicyclic) bond motifs is 1. The third-order valence-electron chi connectivity index (χ3n) is 3.06. The Hall–Kier alpha value is -1.75. The average molecular weight is 249 g/mol. The van der Waals surface area contributed by atoms with Gasteiger partial charge in [-0.05, 0) is 25.1 Å². The van der Waals surface area contributed by atoms with Crippen molar-refractivity contribution < 1.29 is 9.90 Å². The molecule has 0 bridgehead atoms. The van der Waals surface area contributed by atoms with Crippen molar-refractivity contribution in [1.29, 1.82) is 0 Å². The first kappa shape index (κ1) is 12.7. The summed E-state index contributed by atoms with van der Waals surface area (Å²) in [7, 11) is 0. The highest BCUT2D eigenvalue weighted by molar-refractivity contribution is 5.96. The van der Waals surface area contributed by atoms with Crippen molar-refractivity contribution in [3.63, 3.8) is 0 Å². The van der Waals surface area contributed by atoms with E-state index in [2.05, 4.69) is 10.6 Å². The minimum atomic E-state index is -0.0401. The number of hydrogen-bond acceptors (Lipinski definition) is 4. The normalized spacial score (nSPS) is 13.2. The molecular formula is C13H19N3O2. The molecule has 3 N–H and O–H groups in total. The fourth-order valence-electron chi connectivity index (χ4n) is 2.08. The molecule has 1 aliphatic heterocycles. The van der Waals surface area contributed by atoms with Gasteiger partial charge in [0.1, 0.15) is 0 Å². The molecule has 1 aromatic rings. The molecule has 0 saturated heterocycles. The molecule has 0 spiro atoms. The summed E-state index contributed by atoms with van der Waals surface area (Å²) < 4.78 is 0. The molecule has 1 aromatic carbocycles. The van der Waals surface area contributed by atoms with E-state index in [0.717, 1.165) is 24.5 Å². The van der Waals surface area contributed by atoms with Crippen molar-refractivity contribution >= 4 is 17.3 Å². The summed E-state index contributed by atoms with van der Waals surface area (Å²) >= 11 is 0. The number of amides is 1. The molecule has 0 radical (unpaired) electrons. The predicted molar refractivity (Wildman–Crippen MR) is 72.1 cm³/mol. The second-order valence-corrected chi connectivity index (χ2v) is 4.22. The Balaban J connectivity index is 2.19. The van der Waals surface area contributed by atoms with Crippen LogP contribution in [0.1, 0.15) is 17.3 Å². The number of anilines is 2. The minimum Gasteiger partial charge on any atom is -0.395 e. The Kier molecular flexibility index (Phi) is 4.04. The van der Waals surface area contributed by atoms with Gasteiger partial charge in [-0.25, -0.2) is 0 Å². The minimum absolute atomic E-state index is 0.00960. The molecule has 0 unspecified atom stereocenters. The van der Waals surface area contributed by atoms with Crippen LogP contribution in [0.3, 0.4) is 0 Å². The van der Waals surface area contributed by atoms with Crippen LogP contribution >= 0.6 is 0 Å². The number of carbonyl (C=O) groups excluding carboxylic acids is 1. The van der Waals surface area contributed by atoms with Crippen LogP contribution in [0.2, 0.25) is 0 Å². The summed E-state index contributed by atoms with van der Waals surface area (Å²) in [5.41, 5.74) is 2.65. The summed E-state index contributed by atoms with van der Waals surface area (Å²) in [5, 5.41) is 15.5. The summed E-state index contributed by atoms with van der Waals surface area (Å²) in [4.78, 5) is 13.9. The number of nitrogens with zero attached hydrogens (tertiary/aromatic N) is 1. The van der Waals surface area contributed by atoms with E-state index in [1.54, 1.807) is 4.90 Å². The summed E-state index contributed by atoms with van der Waals surface area (Å²) in [5.74, 6) is -0.0401. The zero-order valence-electron chi connectivity index (χ0n) is 10.6. The van der Waals surface area contributed by atoms with Gasteiger partial charge in [0, 0.05) is 31.7 Å². The van der Waals surface area contributed by atoms with Crippen LogP contribution in [-0.2, 0) is 0 Å². The van der Waals surface area contributed by atoms with Gasteiger partial charge in [-0.3, -0.25) is 4.79 Å². The van der Waals surface area contributed by atoms with Crippen LogP contribution < -0.4 is 10.6 Å². The Labute approximate surface area is 107 Å². The van der Waals surface area contributed by atoms with Gasteiger partial charge in [0.25, 0.3) is 5.91 Å². The topological polar surface area (TPSA) is 64.6 Å². The molecule has 98 valence electrons. The molecule has 5 heteroatoms. The van der Waals surface area contributed by atoms with E-state index in [4.69, 9.17) is 5.11 Å². The van der Waals surface area contributed by atoms with Crippen LogP contribution in [0.25, 0.3) is 0 Å². The van der Waals surface area contributed by atoms with Crippen molar-refractivity contribution in [2.24, 2.45) is 0 Å². The second-order valence-electron chi connectivity index (χ2n) is 4.22. The van der Waals surface area contributed by atoms with Gasteiger partial charge in [-0.1, -0.05) is 0 Å². The van der Waals surface area contributed by atoms with E-state index in [0.29, 0.717) is 18.7 Å². The number of rotatable bonds is 4. The van der Waals surface area contributed by atoms with Crippen LogP contribution in [0.5, 0.6) is 0 Å². The van der Waals surface area contributed by atoms with Gasteiger partial charge in [0.15, 0.2) is 0 Å². The van der Waals surface area contributed by atoms with Gasteiger partial charge < -0.3 is 20.6 Å². The fraction of sp³-hybridized carbons (Fsp3) is 0.462. The maximum Gasteiger partial charge on any atom is 0.253 e. The van der Waals surface area contributed by atoms with E-state index < -0.39 is 0 Å². The SMILES string of the molecule is CCN(CCO)C(=O)c1ccc2c(c1)NCCN2. The smallest absolute Gasteiger partial charge is 0.253 e. The first-order chi connectivity index (χ1) is 8.76. The molecule has 0 atom stereocenters. The predicted octanol–water partition coefficient (Wildman–Crippen LogP) is 0.978. The molecular weight excluding hydrogens is 230 g/mol. The third-order valence-corrected chi connectivity index (χ3v) is 3.06. The summed E-state index contributed by atoms with van der Waals surface area (Å²) in [6.07, 6.45) is 0. The maximum absolute atomic E-state index is 12.2. The molecule has 2 rings (SSSR count). The summed E-state index contributed by atoms with van der Waals surface area (Å²) in [6.45, 7) is 4.63. The van der Waals surface area contributed by atoms with Crippen LogP contribution in [-0.4, -0.2) is 48.7 Å². The number of carbonyl (C=O) groups is 1. The lowest BCUT2D eigenvalue weighted by Crippen LogP contribution is -2.33. The standard InChI is InChI=1S/C13H19N3O2/c1-2-16(7-8-17)13(18)10-3-4-11-12(9-10)15-6-5-14-11/h3-4,9,14-15,17H,2,5-8H2,1H3. The lowest BCUT2D eigenvalue weighted by Gasteiger charge is -2.23. The number of nitrogens with one attached hydrogen (secondary N) is 2. The number of likely N-dealkylation sites (N-methyl/N-ethyl adjacent to an activating group) is 1. The van der Waals surface area contributed by atoms with Crippen molar-refractivity contribution in [3.05, 3.63) is 23.8 Å². The lowest BCUT2D eigenvalue weighted by molar-refractivity contribution is 0.0732. The average Bonchev–Trinajstić information content (AvgIpc) is 2.43. The molecule has 0 aliphatic carbocycles. The molecule has 5 nitrogen and oxygen atoms in total. The van der Waals surface area contributed by atoms with Crippen molar-refractivity contribution in [2.45, 2.75) is 6.92 Å². The molecule has 1 amide bonds. The van der Waals surface area contributed by atoms with Gasteiger partial charge in [-0.2, -0.15) is 0 Å². The highest BCUT2D eigenvalue weighted by Gasteiger charge is 2.16. The van der Waals surface area contributed by atoms with Gasteiger partial charge in [0.2, 0.25) is 0 Å². The van der Waals surface area contributed by atoms with Crippen LogP contribution in [0.15, 0.2) is 18.2 Å². The maximum atomic E-state index is 12.2. The number of aliphatic hydroxyl groups is 1. The molecule has 1 aliphatic rings. The highest BCUT2D eigenvalue weighted by Crippen LogP contribution is 2.25. The van der Waals surface area contributed by atoms with Crippen molar-refractivity contribution in [3.8, 4) is 0 Å². The Bertz CT molecular complexity index is 434. The number of hydrogen-bond donors (Lipinski definition) is 3. The molecule has 0 saturated carbocycles. The molecule has 0 aromatic heterocycles. The monoisotopic (exact) mass is 249 g/mol. The Morgan fingerprint density at radius 3 is 2.72 bits per heavy atom. The van der Waals surface area contributed by atoms with Gasteiger partial charge >= 0.3 is 0 Å². The number of aliphatic hydroxyl groups excluding tert-OH is 1. The zero-order chi connectivity index (χ0) is 13.0. The largest absolute Gasteiger partial charge is 0.395 e. The van der Waals surface area contributed by atoms with Crippen molar-refractivity contribution in [2.75, 3.05) is 43.4 Å². The number of benzene rings is 1. The fourth-order valence-corrected chi connectivity index (χ4v) is 2.08. The third kappa shape index (κ3) is 2.56. The Morgan fingerprint density at radius 1 is 1.33 bits per heavy atom.